The second-order valence-corrected chi connectivity index (χ2v) is 8.14. The van der Waals surface area contributed by atoms with Crippen LogP contribution in [0.1, 0.15) is 48.5 Å². The summed E-state index contributed by atoms with van der Waals surface area (Å²) >= 11 is 0. The molecule has 7 nitrogen and oxygen atoms in total. The zero-order valence-corrected chi connectivity index (χ0v) is 16.7. The molecule has 0 saturated carbocycles. The Hall–Kier alpha value is -2.96. The van der Waals surface area contributed by atoms with Gasteiger partial charge in [-0.15, -0.1) is 0 Å². The Kier molecular flexibility index (Phi) is 4.66. The van der Waals surface area contributed by atoms with Crippen LogP contribution >= 0.6 is 0 Å². The molecule has 0 bridgehead atoms. The van der Waals surface area contributed by atoms with Gasteiger partial charge in [0.1, 0.15) is 12.1 Å². The minimum Gasteiger partial charge on any atom is -0.356 e. The number of nitrogens with one attached hydrogen (secondary N) is 1. The number of carbonyl (C=O) groups excluding carboxylic acids is 1. The van der Waals surface area contributed by atoms with Crippen LogP contribution < -0.4 is 10.2 Å². The molecule has 150 valence electrons. The van der Waals surface area contributed by atoms with Gasteiger partial charge in [-0.3, -0.25) is 4.79 Å². The fraction of sp³-hybridized carbons (Fsp3) is 0.455. The Morgan fingerprint density at radius 1 is 1.17 bits per heavy atom. The largest absolute Gasteiger partial charge is 0.356 e. The molecule has 3 aromatic rings. The third-order valence-electron chi connectivity index (χ3n) is 6.24. The van der Waals surface area contributed by atoms with E-state index >= 15 is 0 Å². The van der Waals surface area contributed by atoms with Crippen molar-refractivity contribution in [2.24, 2.45) is 5.92 Å². The molecular formula is C22H26N6O. The first-order valence-corrected chi connectivity index (χ1v) is 10.5. The molecule has 1 aliphatic heterocycles. The van der Waals surface area contributed by atoms with Gasteiger partial charge in [0.2, 0.25) is 5.91 Å². The van der Waals surface area contributed by atoms with Crippen LogP contribution in [0.25, 0.3) is 5.78 Å². The predicted octanol–water partition coefficient (Wildman–Crippen LogP) is 2.84. The topological polar surface area (TPSA) is 75.4 Å². The molecule has 29 heavy (non-hydrogen) atoms. The van der Waals surface area contributed by atoms with Gasteiger partial charge in [-0.2, -0.15) is 14.6 Å². The van der Waals surface area contributed by atoms with E-state index in [0.717, 1.165) is 56.7 Å². The Bertz CT molecular complexity index is 1040. The quantitative estimate of drug-likeness (QED) is 0.744. The summed E-state index contributed by atoms with van der Waals surface area (Å²) in [5.41, 5.74) is 3.60. The molecule has 1 saturated heterocycles. The molecule has 0 spiro atoms. The number of fused-ring (bicyclic) bond motifs is 2. The van der Waals surface area contributed by atoms with Gasteiger partial charge < -0.3 is 10.2 Å². The standard InChI is InChI=1S/C22H26N6O/c1-15-13-20(28-22(25-15)23-14-24-28)27-11-9-17(10-12-27)21(29)26-19-8-4-6-16-5-2-3-7-18(16)19/h2-3,5,7,13-14,17,19H,4,6,8-12H2,1H3,(H,26,29). The van der Waals surface area contributed by atoms with Crippen LogP contribution in [0.4, 0.5) is 5.82 Å². The molecule has 1 aliphatic carbocycles. The van der Waals surface area contributed by atoms with Crippen molar-refractivity contribution in [2.45, 2.75) is 45.1 Å². The number of amides is 1. The maximum atomic E-state index is 13.0. The number of hydrogen-bond acceptors (Lipinski definition) is 5. The summed E-state index contributed by atoms with van der Waals surface area (Å²) in [6.07, 6.45) is 6.50. The Morgan fingerprint density at radius 2 is 2.00 bits per heavy atom. The summed E-state index contributed by atoms with van der Waals surface area (Å²) in [6, 6.07) is 10.7. The van der Waals surface area contributed by atoms with Crippen LogP contribution in [-0.4, -0.2) is 38.6 Å². The molecule has 1 unspecified atom stereocenters. The number of aryl methyl sites for hydroxylation is 2. The maximum absolute atomic E-state index is 13.0. The Labute approximate surface area is 170 Å². The van der Waals surface area contributed by atoms with E-state index in [0.29, 0.717) is 5.78 Å². The molecule has 2 aromatic heterocycles. The minimum absolute atomic E-state index is 0.0644. The molecule has 1 fully saturated rings. The number of rotatable bonds is 3. The lowest BCUT2D eigenvalue weighted by Gasteiger charge is -2.34. The average molecular weight is 390 g/mol. The third kappa shape index (κ3) is 3.45. The number of hydrogen-bond donors (Lipinski definition) is 1. The number of aromatic nitrogens is 4. The average Bonchev–Trinajstić information content (AvgIpc) is 3.22. The smallest absolute Gasteiger partial charge is 0.254 e. The molecule has 1 aromatic carbocycles. The Morgan fingerprint density at radius 3 is 2.86 bits per heavy atom. The number of piperidine rings is 1. The van der Waals surface area contributed by atoms with Crippen LogP contribution in [0.15, 0.2) is 36.7 Å². The lowest BCUT2D eigenvalue weighted by molar-refractivity contribution is -0.126. The number of anilines is 1. The fourth-order valence-corrected chi connectivity index (χ4v) is 4.70. The van der Waals surface area contributed by atoms with Crippen molar-refractivity contribution in [1.29, 1.82) is 0 Å². The van der Waals surface area contributed by atoms with Gasteiger partial charge in [-0.1, -0.05) is 24.3 Å². The van der Waals surface area contributed by atoms with Gasteiger partial charge in [0.25, 0.3) is 5.78 Å². The van der Waals surface area contributed by atoms with Crippen molar-refractivity contribution in [3.63, 3.8) is 0 Å². The highest BCUT2D eigenvalue weighted by molar-refractivity contribution is 5.79. The van der Waals surface area contributed by atoms with E-state index in [-0.39, 0.29) is 17.9 Å². The van der Waals surface area contributed by atoms with E-state index in [9.17, 15) is 4.79 Å². The van der Waals surface area contributed by atoms with E-state index in [1.165, 1.54) is 17.5 Å². The zero-order chi connectivity index (χ0) is 19.8. The van der Waals surface area contributed by atoms with E-state index in [2.05, 4.69) is 49.5 Å². The van der Waals surface area contributed by atoms with Crippen LogP contribution in [0.2, 0.25) is 0 Å². The summed E-state index contributed by atoms with van der Waals surface area (Å²) in [6.45, 7) is 3.63. The molecule has 3 heterocycles. The van der Waals surface area contributed by atoms with Gasteiger partial charge >= 0.3 is 0 Å². The summed E-state index contributed by atoms with van der Waals surface area (Å²) in [4.78, 5) is 23.9. The molecule has 1 amide bonds. The van der Waals surface area contributed by atoms with Crippen molar-refractivity contribution in [3.8, 4) is 0 Å². The van der Waals surface area contributed by atoms with Gasteiger partial charge in [-0.25, -0.2) is 4.98 Å². The van der Waals surface area contributed by atoms with Crippen LogP contribution in [0.5, 0.6) is 0 Å². The zero-order valence-electron chi connectivity index (χ0n) is 16.7. The first-order chi connectivity index (χ1) is 14.2. The van der Waals surface area contributed by atoms with Gasteiger partial charge in [0, 0.05) is 30.8 Å². The first-order valence-electron chi connectivity index (χ1n) is 10.5. The summed E-state index contributed by atoms with van der Waals surface area (Å²) in [7, 11) is 0. The maximum Gasteiger partial charge on any atom is 0.254 e. The van der Waals surface area contributed by atoms with Crippen molar-refractivity contribution in [3.05, 3.63) is 53.5 Å². The molecular weight excluding hydrogens is 364 g/mol. The predicted molar refractivity (Wildman–Crippen MR) is 111 cm³/mol. The summed E-state index contributed by atoms with van der Waals surface area (Å²) < 4.78 is 1.78. The number of carbonyl (C=O) groups is 1. The summed E-state index contributed by atoms with van der Waals surface area (Å²) in [5, 5.41) is 7.65. The SMILES string of the molecule is Cc1cc(N2CCC(C(=O)NC3CCCc4ccccc43)CC2)n2ncnc2n1. The second kappa shape index (κ2) is 7.46. The van der Waals surface area contributed by atoms with E-state index < -0.39 is 0 Å². The third-order valence-corrected chi connectivity index (χ3v) is 6.24. The van der Waals surface area contributed by atoms with Crippen molar-refractivity contribution in [2.75, 3.05) is 18.0 Å². The van der Waals surface area contributed by atoms with Crippen molar-refractivity contribution < 1.29 is 4.79 Å². The van der Waals surface area contributed by atoms with Crippen molar-refractivity contribution in [1.82, 2.24) is 24.9 Å². The monoisotopic (exact) mass is 390 g/mol. The highest BCUT2D eigenvalue weighted by Gasteiger charge is 2.29. The fourth-order valence-electron chi connectivity index (χ4n) is 4.70. The molecule has 0 radical (unpaired) electrons. The normalized spacial score (nSPS) is 19.9. The minimum atomic E-state index is 0.0644. The van der Waals surface area contributed by atoms with Crippen LogP contribution in [-0.2, 0) is 11.2 Å². The van der Waals surface area contributed by atoms with E-state index in [4.69, 9.17) is 0 Å². The number of benzene rings is 1. The second-order valence-electron chi connectivity index (χ2n) is 8.14. The number of nitrogens with zero attached hydrogens (tertiary/aromatic N) is 5. The summed E-state index contributed by atoms with van der Waals surface area (Å²) in [5.74, 6) is 1.89. The lowest BCUT2D eigenvalue weighted by Crippen LogP contribution is -2.42. The Balaban J connectivity index is 1.25. The highest BCUT2D eigenvalue weighted by atomic mass is 16.2. The molecule has 2 aliphatic rings. The first kappa shape index (κ1) is 18.1. The molecule has 7 heteroatoms. The van der Waals surface area contributed by atoms with Crippen molar-refractivity contribution >= 4 is 17.5 Å². The van der Waals surface area contributed by atoms with E-state index in [1.807, 2.05) is 13.0 Å². The molecule has 1 atom stereocenters. The van der Waals surface area contributed by atoms with E-state index in [1.54, 1.807) is 4.52 Å². The van der Waals surface area contributed by atoms with Crippen LogP contribution in [0, 0.1) is 12.8 Å². The molecule has 5 rings (SSSR count). The van der Waals surface area contributed by atoms with Gasteiger partial charge in [0.15, 0.2) is 0 Å². The van der Waals surface area contributed by atoms with Crippen LogP contribution in [0.3, 0.4) is 0 Å². The molecule has 1 N–H and O–H groups in total. The highest BCUT2D eigenvalue weighted by Crippen LogP contribution is 2.31. The lowest BCUT2D eigenvalue weighted by atomic mass is 9.87. The van der Waals surface area contributed by atoms with Gasteiger partial charge in [-0.05, 0) is 50.2 Å². The van der Waals surface area contributed by atoms with Gasteiger partial charge in [0.05, 0.1) is 6.04 Å².